The summed E-state index contributed by atoms with van der Waals surface area (Å²) >= 11 is 0. The van der Waals surface area contributed by atoms with Crippen molar-refractivity contribution in [3.8, 4) is 0 Å². The van der Waals surface area contributed by atoms with Crippen LogP contribution in [0, 0.1) is 0 Å². The summed E-state index contributed by atoms with van der Waals surface area (Å²) in [6, 6.07) is 8.33. The lowest BCUT2D eigenvalue weighted by atomic mass is 10.0. The number of aliphatic hydroxyl groups is 1. The molecule has 1 amide bonds. The fourth-order valence-corrected chi connectivity index (χ4v) is 3.97. The van der Waals surface area contributed by atoms with Gasteiger partial charge in [-0.2, -0.15) is 0 Å². The zero-order valence-corrected chi connectivity index (χ0v) is 15.3. The average molecular weight is 345 g/mol. The van der Waals surface area contributed by atoms with Crippen LogP contribution in [0.15, 0.2) is 24.3 Å². The van der Waals surface area contributed by atoms with E-state index < -0.39 is 0 Å². The number of piperidine rings is 2. The van der Waals surface area contributed by atoms with Crippen LogP contribution >= 0.6 is 0 Å². The summed E-state index contributed by atoms with van der Waals surface area (Å²) in [5.74, 6) is 0.0160. The zero-order chi connectivity index (χ0) is 17.6. The Bertz CT molecular complexity index is 553. The van der Waals surface area contributed by atoms with Gasteiger partial charge in [0.15, 0.2) is 0 Å². The van der Waals surface area contributed by atoms with Crippen molar-refractivity contribution in [2.24, 2.45) is 0 Å². The SMILES string of the molecule is CCN1CCCCC1CNC(=O)c1ccc(N2CCC(O)CC2)cc1. The predicted molar refractivity (Wildman–Crippen MR) is 101 cm³/mol. The normalized spacial score (nSPS) is 22.8. The number of anilines is 1. The molecule has 3 rings (SSSR count). The number of aliphatic hydroxyl groups excluding tert-OH is 1. The van der Waals surface area contributed by atoms with E-state index in [2.05, 4.69) is 22.0 Å². The molecule has 1 aromatic carbocycles. The quantitative estimate of drug-likeness (QED) is 0.859. The van der Waals surface area contributed by atoms with Gasteiger partial charge in [0, 0.05) is 36.9 Å². The third kappa shape index (κ3) is 4.73. The van der Waals surface area contributed by atoms with Crippen molar-refractivity contribution >= 4 is 11.6 Å². The highest BCUT2D eigenvalue weighted by molar-refractivity contribution is 5.94. The number of likely N-dealkylation sites (N-methyl/N-ethyl adjacent to an activating group) is 1. The minimum Gasteiger partial charge on any atom is -0.393 e. The Morgan fingerprint density at radius 3 is 2.52 bits per heavy atom. The van der Waals surface area contributed by atoms with Gasteiger partial charge < -0.3 is 15.3 Å². The summed E-state index contributed by atoms with van der Waals surface area (Å²) in [5, 5.41) is 12.7. The number of benzene rings is 1. The first-order valence-corrected chi connectivity index (χ1v) is 9.72. The highest BCUT2D eigenvalue weighted by atomic mass is 16.3. The maximum Gasteiger partial charge on any atom is 0.251 e. The summed E-state index contributed by atoms with van der Waals surface area (Å²) in [6.07, 6.45) is 5.18. The van der Waals surface area contributed by atoms with E-state index in [9.17, 15) is 9.90 Å². The van der Waals surface area contributed by atoms with E-state index in [0.717, 1.165) is 56.8 Å². The van der Waals surface area contributed by atoms with Crippen LogP contribution in [0.25, 0.3) is 0 Å². The van der Waals surface area contributed by atoms with Gasteiger partial charge in [0.2, 0.25) is 0 Å². The van der Waals surface area contributed by atoms with E-state index in [1.54, 1.807) is 0 Å². The highest BCUT2D eigenvalue weighted by Crippen LogP contribution is 2.21. The van der Waals surface area contributed by atoms with Crippen LogP contribution in [-0.4, -0.2) is 60.8 Å². The molecule has 2 heterocycles. The van der Waals surface area contributed by atoms with Gasteiger partial charge in [-0.1, -0.05) is 13.3 Å². The van der Waals surface area contributed by atoms with Gasteiger partial charge >= 0.3 is 0 Å². The molecule has 1 aromatic rings. The molecule has 5 nitrogen and oxygen atoms in total. The molecule has 5 heteroatoms. The number of amides is 1. The first-order valence-electron chi connectivity index (χ1n) is 9.72. The fraction of sp³-hybridized carbons (Fsp3) is 0.650. The molecule has 0 saturated carbocycles. The van der Waals surface area contributed by atoms with E-state index in [1.165, 1.54) is 19.3 Å². The Kier molecular flexibility index (Phi) is 6.32. The minimum absolute atomic E-state index is 0.0160. The van der Waals surface area contributed by atoms with Gasteiger partial charge in [-0.25, -0.2) is 0 Å². The van der Waals surface area contributed by atoms with Crippen molar-refractivity contribution in [1.29, 1.82) is 0 Å². The number of hydrogen-bond acceptors (Lipinski definition) is 4. The van der Waals surface area contributed by atoms with Crippen LogP contribution < -0.4 is 10.2 Å². The number of carbonyl (C=O) groups excluding carboxylic acids is 1. The summed E-state index contributed by atoms with van der Waals surface area (Å²) in [7, 11) is 0. The van der Waals surface area contributed by atoms with Crippen LogP contribution in [0.1, 0.15) is 49.4 Å². The summed E-state index contributed by atoms with van der Waals surface area (Å²) in [5.41, 5.74) is 1.85. The van der Waals surface area contributed by atoms with Gasteiger partial charge in [0.1, 0.15) is 0 Å². The Balaban J connectivity index is 1.52. The van der Waals surface area contributed by atoms with Crippen LogP contribution in [0.2, 0.25) is 0 Å². The second kappa shape index (κ2) is 8.68. The van der Waals surface area contributed by atoms with Crippen molar-refractivity contribution in [3.05, 3.63) is 29.8 Å². The molecular weight excluding hydrogens is 314 g/mol. The first-order chi connectivity index (χ1) is 12.2. The largest absolute Gasteiger partial charge is 0.393 e. The molecule has 2 aliphatic heterocycles. The lowest BCUT2D eigenvalue weighted by Crippen LogP contribution is -2.46. The zero-order valence-electron chi connectivity index (χ0n) is 15.3. The van der Waals surface area contributed by atoms with Crippen LogP contribution in [0.3, 0.4) is 0 Å². The third-order valence-corrected chi connectivity index (χ3v) is 5.61. The Morgan fingerprint density at radius 2 is 1.84 bits per heavy atom. The molecule has 0 bridgehead atoms. The van der Waals surface area contributed by atoms with Crippen LogP contribution in [0.5, 0.6) is 0 Å². The van der Waals surface area contributed by atoms with Crippen LogP contribution in [0.4, 0.5) is 5.69 Å². The molecule has 1 unspecified atom stereocenters. The van der Waals surface area contributed by atoms with E-state index in [4.69, 9.17) is 0 Å². The smallest absolute Gasteiger partial charge is 0.251 e. The van der Waals surface area contributed by atoms with E-state index in [-0.39, 0.29) is 12.0 Å². The summed E-state index contributed by atoms with van der Waals surface area (Å²) < 4.78 is 0. The molecule has 0 radical (unpaired) electrons. The van der Waals surface area contributed by atoms with E-state index >= 15 is 0 Å². The number of nitrogens with one attached hydrogen (secondary N) is 1. The fourth-order valence-electron chi connectivity index (χ4n) is 3.97. The lowest BCUT2D eigenvalue weighted by molar-refractivity contribution is 0.0918. The molecule has 0 aromatic heterocycles. The second-order valence-corrected chi connectivity index (χ2v) is 7.25. The highest BCUT2D eigenvalue weighted by Gasteiger charge is 2.22. The molecule has 2 saturated heterocycles. The predicted octanol–water partition coefficient (Wildman–Crippen LogP) is 2.25. The Hall–Kier alpha value is -1.59. The van der Waals surface area contributed by atoms with E-state index in [1.807, 2.05) is 24.3 Å². The molecule has 2 N–H and O–H groups in total. The second-order valence-electron chi connectivity index (χ2n) is 7.25. The number of nitrogens with zero attached hydrogens (tertiary/aromatic N) is 2. The Labute approximate surface area is 151 Å². The van der Waals surface area contributed by atoms with Gasteiger partial charge in [-0.3, -0.25) is 9.69 Å². The van der Waals surface area contributed by atoms with Gasteiger partial charge in [-0.15, -0.1) is 0 Å². The molecule has 2 aliphatic rings. The van der Waals surface area contributed by atoms with Crippen molar-refractivity contribution in [1.82, 2.24) is 10.2 Å². The minimum atomic E-state index is -0.163. The molecule has 0 aliphatic carbocycles. The molecule has 2 fully saturated rings. The standard InChI is InChI=1S/C20H31N3O2/c1-2-22-12-4-3-5-18(22)15-21-20(25)16-6-8-17(9-7-16)23-13-10-19(24)11-14-23/h6-9,18-19,24H,2-5,10-15H2,1H3,(H,21,25). The van der Waals surface area contributed by atoms with Crippen LogP contribution in [-0.2, 0) is 0 Å². The third-order valence-electron chi connectivity index (χ3n) is 5.61. The molecule has 138 valence electrons. The first kappa shape index (κ1) is 18.2. The lowest BCUT2D eigenvalue weighted by Gasteiger charge is -2.34. The molecule has 0 spiro atoms. The maximum atomic E-state index is 12.4. The average Bonchev–Trinajstić information content (AvgIpc) is 2.67. The van der Waals surface area contributed by atoms with Gasteiger partial charge in [0.25, 0.3) is 5.91 Å². The number of rotatable bonds is 5. The number of likely N-dealkylation sites (tertiary alicyclic amines) is 1. The number of carbonyl (C=O) groups is 1. The van der Waals surface area contributed by atoms with E-state index in [0.29, 0.717) is 6.04 Å². The number of hydrogen-bond donors (Lipinski definition) is 2. The molecule has 25 heavy (non-hydrogen) atoms. The van der Waals surface area contributed by atoms with Crippen molar-refractivity contribution in [3.63, 3.8) is 0 Å². The van der Waals surface area contributed by atoms with Crippen molar-refractivity contribution in [2.45, 2.75) is 51.2 Å². The summed E-state index contributed by atoms with van der Waals surface area (Å²) in [4.78, 5) is 17.2. The topological polar surface area (TPSA) is 55.8 Å². The molecular formula is C20H31N3O2. The van der Waals surface area contributed by atoms with Gasteiger partial charge in [0.05, 0.1) is 6.10 Å². The monoisotopic (exact) mass is 345 g/mol. The maximum absolute atomic E-state index is 12.4. The summed E-state index contributed by atoms with van der Waals surface area (Å²) in [6.45, 7) is 6.88. The van der Waals surface area contributed by atoms with Crippen molar-refractivity contribution in [2.75, 3.05) is 37.6 Å². The van der Waals surface area contributed by atoms with Crippen molar-refractivity contribution < 1.29 is 9.90 Å². The van der Waals surface area contributed by atoms with Gasteiger partial charge in [-0.05, 0) is 63.0 Å². The molecule has 1 atom stereocenters. The Morgan fingerprint density at radius 1 is 1.12 bits per heavy atom.